The Kier molecular flexibility index (Phi) is 3.07. The standard InChI is InChI=1S/C19H19NO2/c1-22-13-10-8-12(9-11-13)18-15-5-2-4-14(15)16-6-3-7-17(21)19(16)20-18/h2-4,6-11,14-15,18,20-21H,5H2,1H3. The van der Waals surface area contributed by atoms with E-state index in [1.54, 1.807) is 13.2 Å². The molecule has 0 amide bonds. The van der Waals surface area contributed by atoms with Crippen molar-refractivity contribution in [2.75, 3.05) is 12.4 Å². The molecule has 2 aromatic carbocycles. The number of phenolic OH excluding ortho intramolecular Hbond substituents is 1. The first-order valence-corrected chi connectivity index (χ1v) is 7.67. The van der Waals surface area contributed by atoms with Gasteiger partial charge in [-0.05, 0) is 41.7 Å². The minimum Gasteiger partial charge on any atom is -0.506 e. The van der Waals surface area contributed by atoms with E-state index in [1.807, 2.05) is 18.2 Å². The van der Waals surface area contributed by atoms with Gasteiger partial charge < -0.3 is 15.2 Å². The molecular formula is C19H19NO2. The van der Waals surface area contributed by atoms with E-state index in [4.69, 9.17) is 4.74 Å². The van der Waals surface area contributed by atoms with Gasteiger partial charge in [0.1, 0.15) is 11.5 Å². The normalized spacial score (nSPS) is 25.2. The highest BCUT2D eigenvalue weighted by Crippen LogP contribution is 2.51. The number of fused-ring (bicyclic) bond motifs is 3. The molecule has 0 fully saturated rings. The minimum absolute atomic E-state index is 0.201. The van der Waals surface area contributed by atoms with Gasteiger partial charge in [-0.3, -0.25) is 0 Å². The number of hydrogen-bond donors (Lipinski definition) is 2. The van der Waals surface area contributed by atoms with Crippen molar-refractivity contribution in [1.82, 2.24) is 0 Å². The van der Waals surface area contributed by atoms with Gasteiger partial charge in [-0.1, -0.05) is 36.4 Å². The fourth-order valence-corrected chi connectivity index (χ4v) is 3.75. The second-order valence-corrected chi connectivity index (χ2v) is 5.99. The van der Waals surface area contributed by atoms with Crippen LogP contribution in [0, 0.1) is 5.92 Å². The lowest BCUT2D eigenvalue weighted by Gasteiger charge is -2.37. The number of para-hydroxylation sites is 1. The lowest BCUT2D eigenvalue weighted by atomic mass is 9.77. The number of phenols is 1. The number of methoxy groups -OCH3 is 1. The monoisotopic (exact) mass is 293 g/mol. The van der Waals surface area contributed by atoms with Crippen molar-refractivity contribution in [3.63, 3.8) is 0 Å². The maximum atomic E-state index is 10.2. The molecule has 0 aromatic heterocycles. The molecule has 3 nitrogen and oxygen atoms in total. The summed E-state index contributed by atoms with van der Waals surface area (Å²) in [7, 11) is 1.68. The summed E-state index contributed by atoms with van der Waals surface area (Å²) in [5.41, 5.74) is 3.30. The van der Waals surface area contributed by atoms with Crippen LogP contribution in [0.5, 0.6) is 11.5 Å². The molecule has 3 atom stereocenters. The Morgan fingerprint density at radius 1 is 1.14 bits per heavy atom. The highest BCUT2D eigenvalue weighted by atomic mass is 16.5. The zero-order valence-electron chi connectivity index (χ0n) is 12.5. The van der Waals surface area contributed by atoms with Crippen molar-refractivity contribution in [3.05, 3.63) is 65.7 Å². The first kappa shape index (κ1) is 13.3. The largest absolute Gasteiger partial charge is 0.506 e. The summed E-state index contributed by atoms with van der Waals surface area (Å²) in [5.74, 6) is 2.05. The number of benzene rings is 2. The summed E-state index contributed by atoms with van der Waals surface area (Å²) in [5, 5.41) is 13.8. The molecule has 4 rings (SSSR count). The number of nitrogens with one attached hydrogen (secondary N) is 1. The summed E-state index contributed by atoms with van der Waals surface area (Å²) >= 11 is 0. The predicted molar refractivity (Wildman–Crippen MR) is 87.5 cm³/mol. The molecule has 3 heteroatoms. The molecule has 1 heterocycles. The first-order chi connectivity index (χ1) is 10.8. The maximum Gasteiger partial charge on any atom is 0.138 e. The Morgan fingerprint density at radius 2 is 1.95 bits per heavy atom. The van der Waals surface area contributed by atoms with Crippen LogP contribution in [0.15, 0.2) is 54.6 Å². The SMILES string of the molecule is COc1ccc(C2Nc3c(O)cccc3C3C=CCC32)cc1. The van der Waals surface area contributed by atoms with E-state index < -0.39 is 0 Å². The van der Waals surface area contributed by atoms with E-state index in [2.05, 4.69) is 35.7 Å². The van der Waals surface area contributed by atoms with Crippen molar-refractivity contribution in [2.24, 2.45) is 5.92 Å². The average Bonchev–Trinajstić information content (AvgIpc) is 3.05. The van der Waals surface area contributed by atoms with Gasteiger partial charge in [-0.25, -0.2) is 0 Å². The molecule has 0 saturated heterocycles. The van der Waals surface area contributed by atoms with Gasteiger partial charge in [-0.15, -0.1) is 0 Å². The predicted octanol–water partition coefficient (Wildman–Crippen LogP) is 4.23. The van der Waals surface area contributed by atoms with E-state index in [0.717, 1.165) is 17.9 Å². The Balaban J connectivity index is 1.76. The van der Waals surface area contributed by atoms with Crippen LogP contribution in [-0.2, 0) is 0 Å². The lowest BCUT2D eigenvalue weighted by Crippen LogP contribution is -2.29. The fourth-order valence-electron chi connectivity index (χ4n) is 3.75. The van der Waals surface area contributed by atoms with E-state index in [-0.39, 0.29) is 6.04 Å². The van der Waals surface area contributed by atoms with Crippen LogP contribution in [0.1, 0.15) is 29.5 Å². The van der Waals surface area contributed by atoms with Gasteiger partial charge >= 0.3 is 0 Å². The van der Waals surface area contributed by atoms with Crippen molar-refractivity contribution < 1.29 is 9.84 Å². The molecular weight excluding hydrogens is 274 g/mol. The van der Waals surface area contributed by atoms with Crippen LogP contribution < -0.4 is 10.1 Å². The van der Waals surface area contributed by atoms with E-state index >= 15 is 0 Å². The van der Waals surface area contributed by atoms with Crippen molar-refractivity contribution in [2.45, 2.75) is 18.4 Å². The molecule has 112 valence electrons. The molecule has 2 aliphatic rings. The molecule has 2 N–H and O–H groups in total. The molecule has 0 saturated carbocycles. The smallest absolute Gasteiger partial charge is 0.138 e. The molecule has 0 radical (unpaired) electrons. The number of aromatic hydroxyl groups is 1. The van der Waals surface area contributed by atoms with Crippen LogP contribution in [0.3, 0.4) is 0 Å². The van der Waals surface area contributed by atoms with Crippen LogP contribution >= 0.6 is 0 Å². The van der Waals surface area contributed by atoms with Crippen LogP contribution in [-0.4, -0.2) is 12.2 Å². The molecule has 1 aliphatic heterocycles. The van der Waals surface area contributed by atoms with Gasteiger partial charge in [0.2, 0.25) is 0 Å². The number of anilines is 1. The Bertz CT molecular complexity index is 721. The Hall–Kier alpha value is -2.42. The van der Waals surface area contributed by atoms with Gasteiger partial charge in [0, 0.05) is 5.92 Å². The molecule has 0 bridgehead atoms. The average molecular weight is 293 g/mol. The Morgan fingerprint density at radius 3 is 2.73 bits per heavy atom. The molecule has 22 heavy (non-hydrogen) atoms. The molecule has 1 aliphatic carbocycles. The topological polar surface area (TPSA) is 41.5 Å². The lowest BCUT2D eigenvalue weighted by molar-refractivity contribution is 0.408. The summed E-state index contributed by atoms with van der Waals surface area (Å²) < 4.78 is 5.25. The number of hydrogen-bond acceptors (Lipinski definition) is 3. The second kappa shape index (κ2) is 5.09. The number of rotatable bonds is 2. The van der Waals surface area contributed by atoms with Crippen LogP contribution in [0.2, 0.25) is 0 Å². The molecule has 0 spiro atoms. The molecule has 2 aromatic rings. The summed E-state index contributed by atoms with van der Waals surface area (Å²) in [6.45, 7) is 0. The third kappa shape index (κ3) is 1.97. The summed E-state index contributed by atoms with van der Waals surface area (Å²) in [6.07, 6.45) is 5.59. The van der Waals surface area contributed by atoms with Gasteiger partial charge in [0.15, 0.2) is 0 Å². The van der Waals surface area contributed by atoms with Gasteiger partial charge in [0.25, 0.3) is 0 Å². The zero-order chi connectivity index (χ0) is 15.1. The van der Waals surface area contributed by atoms with Crippen molar-refractivity contribution in [1.29, 1.82) is 0 Å². The summed E-state index contributed by atoms with van der Waals surface area (Å²) in [4.78, 5) is 0. The van der Waals surface area contributed by atoms with E-state index in [1.165, 1.54) is 11.1 Å². The van der Waals surface area contributed by atoms with Crippen molar-refractivity contribution >= 4 is 5.69 Å². The van der Waals surface area contributed by atoms with Gasteiger partial charge in [-0.2, -0.15) is 0 Å². The highest BCUT2D eigenvalue weighted by Gasteiger charge is 2.38. The number of ether oxygens (including phenoxy) is 1. The van der Waals surface area contributed by atoms with Gasteiger partial charge in [0.05, 0.1) is 18.8 Å². The first-order valence-electron chi connectivity index (χ1n) is 7.67. The van der Waals surface area contributed by atoms with Crippen LogP contribution in [0.4, 0.5) is 5.69 Å². The van der Waals surface area contributed by atoms with Crippen molar-refractivity contribution in [3.8, 4) is 11.5 Å². The molecule has 3 unspecified atom stereocenters. The fraction of sp³-hybridized carbons (Fsp3) is 0.263. The highest BCUT2D eigenvalue weighted by molar-refractivity contribution is 5.67. The Labute approximate surface area is 130 Å². The third-order valence-electron chi connectivity index (χ3n) is 4.85. The van der Waals surface area contributed by atoms with E-state index in [9.17, 15) is 5.11 Å². The summed E-state index contributed by atoms with van der Waals surface area (Å²) in [6, 6.07) is 14.2. The third-order valence-corrected chi connectivity index (χ3v) is 4.85. The quantitative estimate of drug-likeness (QED) is 0.643. The van der Waals surface area contributed by atoms with Crippen LogP contribution in [0.25, 0.3) is 0 Å². The maximum absolute atomic E-state index is 10.2. The second-order valence-electron chi connectivity index (χ2n) is 5.99. The minimum atomic E-state index is 0.201. The zero-order valence-corrected chi connectivity index (χ0v) is 12.5. The number of allylic oxidation sites excluding steroid dienone is 2. The van der Waals surface area contributed by atoms with E-state index in [0.29, 0.717) is 17.6 Å².